The first-order valence-electron chi connectivity index (χ1n) is 5.13. The number of aliphatic carboxylic acids is 1. The van der Waals surface area contributed by atoms with E-state index in [0.29, 0.717) is 5.94 Å². The quantitative estimate of drug-likeness (QED) is 0.512. The molecule has 0 heterocycles. The number of hydrogen-bond acceptors (Lipinski definition) is 4. The lowest BCUT2D eigenvalue weighted by Crippen LogP contribution is -2.47. The third kappa shape index (κ3) is 4.40. The van der Waals surface area contributed by atoms with Gasteiger partial charge in [-0.3, -0.25) is 4.79 Å². The summed E-state index contributed by atoms with van der Waals surface area (Å²) in [6.07, 6.45) is 2.53. The van der Waals surface area contributed by atoms with E-state index in [4.69, 9.17) is 15.6 Å². The molecule has 0 aliphatic heterocycles. The van der Waals surface area contributed by atoms with Gasteiger partial charge in [0.25, 0.3) is 0 Å². The molecule has 0 radical (unpaired) electrons. The summed E-state index contributed by atoms with van der Waals surface area (Å²) in [6, 6.07) is -0.855. The Morgan fingerprint density at radius 3 is 2.73 bits per heavy atom. The van der Waals surface area contributed by atoms with Crippen LogP contribution in [0.5, 0.6) is 0 Å². The normalized spacial score (nSPS) is 18.9. The number of rotatable bonds is 7. The summed E-state index contributed by atoms with van der Waals surface area (Å²) in [7, 11) is 0. The molecule has 0 aromatic carbocycles. The van der Waals surface area contributed by atoms with Gasteiger partial charge >= 0.3 is 5.97 Å². The van der Waals surface area contributed by atoms with Crippen molar-refractivity contribution in [1.29, 1.82) is 0 Å². The fraction of sp³-hybridized carbons (Fsp3) is 0.900. The molecule has 1 rings (SSSR count). The predicted molar refractivity (Wildman–Crippen MR) is 60.8 cm³/mol. The van der Waals surface area contributed by atoms with Crippen LogP contribution in [-0.2, 0) is 9.53 Å². The van der Waals surface area contributed by atoms with Crippen molar-refractivity contribution in [2.75, 3.05) is 12.5 Å². The zero-order valence-electron chi connectivity index (χ0n) is 9.23. The average Bonchev–Trinajstić information content (AvgIpc) is 2.94. The van der Waals surface area contributed by atoms with Crippen LogP contribution in [0.1, 0.15) is 26.7 Å². The summed E-state index contributed by atoms with van der Waals surface area (Å²) in [5, 5.41) is 8.79. The highest BCUT2D eigenvalue weighted by Gasteiger charge is 2.32. The second-order valence-corrected chi connectivity index (χ2v) is 6.07. The maximum atomic E-state index is 10.7. The van der Waals surface area contributed by atoms with Crippen LogP contribution >= 0.6 is 11.8 Å². The molecule has 0 saturated heterocycles. The van der Waals surface area contributed by atoms with Gasteiger partial charge in [0.2, 0.25) is 0 Å². The van der Waals surface area contributed by atoms with E-state index in [9.17, 15) is 4.79 Å². The van der Waals surface area contributed by atoms with Gasteiger partial charge in [-0.1, -0.05) is 0 Å². The van der Waals surface area contributed by atoms with Gasteiger partial charge in [-0.25, -0.2) is 0 Å². The molecule has 5 heteroatoms. The van der Waals surface area contributed by atoms with Gasteiger partial charge < -0.3 is 15.6 Å². The molecule has 1 aliphatic rings. The second kappa shape index (κ2) is 5.18. The number of carbonyl (C=O) groups is 1. The van der Waals surface area contributed by atoms with Gasteiger partial charge in [0.15, 0.2) is 0 Å². The van der Waals surface area contributed by atoms with Crippen LogP contribution in [0.25, 0.3) is 0 Å². The van der Waals surface area contributed by atoms with Crippen molar-refractivity contribution >= 4 is 17.7 Å². The van der Waals surface area contributed by atoms with Crippen molar-refractivity contribution in [2.24, 2.45) is 11.7 Å². The van der Waals surface area contributed by atoms with Crippen molar-refractivity contribution in [3.63, 3.8) is 0 Å². The molecular weight excluding hydrogens is 214 g/mol. The summed E-state index contributed by atoms with van der Waals surface area (Å²) in [6.45, 7) is 4.46. The Balaban J connectivity index is 2.18. The van der Waals surface area contributed by atoms with Crippen molar-refractivity contribution in [3.05, 3.63) is 0 Å². The lowest BCUT2D eigenvalue weighted by Gasteiger charge is -2.27. The summed E-state index contributed by atoms with van der Waals surface area (Å²) in [5.74, 6) is 0.293. The van der Waals surface area contributed by atoms with Crippen molar-refractivity contribution < 1.29 is 14.6 Å². The number of thioether (sulfide) groups is 1. The zero-order chi connectivity index (χ0) is 11.5. The van der Waals surface area contributed by atoms with Crippen molar-refractivity contribution in [3.8, 4) is 0 Å². The molecule has 1 atom stereocenters. The average molecular weight is 233 g/mol. The molecule has 0 amide bonds. The number of carboxylic acids is 1. The second-order valence-electron chi connectivity index (χ2n) is 4.50. The highest BCUT2D eigenvalue weighted by molar-refractivity contribution is 8.00. The van der Waals surface area contributed by atoms with E-state index in [1.165, 1.54) is 24.6 Å². The first kappa shape index (κ1) is 12.8. The van der Waals surface area contributed by atoms with Gasteiger partial charge in [-0.15, -0.1) is 11.8 Å². The summed E-state index contributed by atoms with van der Waals surface area (Å²) in [5.41, 5.74) is 5.57. The smallest absolute Gasteiger partial charge is 0.321 e. The van der Waals surface area contributed by atoms with Crippen LogP contribution in [0, 0.1) is 5.92 Å². The molecule has 0 bridgehead atoms. The predicted octanol–water partition coefficient (Wildman–Crippen LogP) is 1.29. The van der Waals surface area contributed by atoms with Gasteiger partial charge in [0.05, 0.1) is 12.5 Å². The SMILES string of the molecule is CC(C)(SCOCC1CC1)[C@@H](N)C(=O)O. The molecule has 88 valence electrons. The van der Waals surface area contributed by atoms with Crippen LogP contribution in [0.3, 0.4) is 0 Å². The Morgan fingerprint density at radius 1 is 1.67 bits per heavy atom. The first-order chi connectivity index (χ1) is 6.93. The lowest BCUT2D eigenvalue weighted by atomic mass is 10.1. The molecule has 0 unspecified atom stereocenters. The maximum Gasteiger partial charge on any atom is 0.321 e. The summed E-state index contributed by atoms with van der Waals surface area (Å²) >= 11 is 1.46. The van der Waals surface area contributed by atoms with Crippen molar-refractivity contribution in [1.82, 2.24) is 0 Å². The Bertz CT molecular complexity index is 229. The molecule has 1 aliphatic carbocycles. The first-order valence-corrected chi connectivity index (χ1v) is 6.12. The highest BCUT2D eigenvalue weighted by atomic mass is 32.2. The Morgan fingerprint density at radius 2 is 2.27 bits per heavy atom. The minimum Gasteiger partial charge on any atom is -0.480 e. The fourth-order valence-electron chi connectivity index (χ4n) is 1.08. The summed E-state index contributed by atoms with van der Waals surface area (Å²) in [4.78, 5) is 10.7. The van der Waals surface area contributed by atoms with Gasteiger partial charge in [-0.05, 0) is 32.6 Å². The monoisotopic (exact) mass is 233 g/mol. The van der Waals surface area contributed by atoms with E-state index in [2.05, 4.69) is 0 Å². The molecule has 0 aromatic rings. The molecule has 0 spiro atoms. The number of nitrogens with two attached hydrogens (primary N) is 1. The molecule has 3 N–H and O–H groups in total. The minimum atomic E-state index is -0.963. The number of carboxylic acid groups (broad SMARTS) is 1. The third-order valence-electron chi connectivity index (χ3n) is 2.58. The fourth-order valence-corrected chi connectivity index (χ4v) is 1.84. The number of hydrogen-bond donors (Lipinski definition) is 2. The van der Waals surface area contributed by atoms with E-state index in [1.807, 2.05) is 13.8 Å². The van der Waals surface area contributed by atoms with Gasteiger partial charge in [0, 0.05) is 4.75 Å². The van der Waals surface area contributed by atoms with Crippen molar-refractivity contribution in [2.45, 2.75) is 37.5 Å². The largest absolute Gasteiger partial charge is 0.480 e. The Labute approximate surface area is 94.6 Å². The van der Waals surface area contributed by atoms with E-state index >= 15 is 0 Å². The molecular formula is C10H19NO3S. The van der Waals surface area contributed by atoms with Crippen LogP contribution in [0.2, 0.25) is 0 Å². The topological polar surface area (TPSA) is 72.5 Å². The minimum absolute atomic E-state index is 0.491. The van der Waals surface area contributed by atoms with E-state index in [0.717, 1.165) is 12.5 Å². The van der Waals surface area contributed by atoms with Crippen LogP contribution < -0.4 is 5.73 Å². The van der Waals surface area contributed by atoms with E-state index in [1.54, 1.807) is 0 Å². The molecule has 1 fully saturated rings. The Hall–Kier alpha value is -0.260. The van der Waals surface area contributed by atoms with E-state index < -0.39 is 16.8 Å². The zero-order valence-corrected chi connectivity index (χ0v) is 10.0. The maximum absolute atomic E-state index is 10.7. The van der Waals surface area contributed by atoms with Crippen LogP contribution in [0.4, 0.5) is 0 Å². The van der Waals surface area contributed by atoms with Crippen LogP contribution in [-0.4, -0.2) is 34.4 Å². The van der Waals surface area contributed by atoms with Gasteiger partial charge in [0.1, 0.15) is 6.04 Å². The highest BCUT2D eigenvalue weighted by Crippen LogP contribution is 2.31. The molecule has 0 aromatic heterocycles. The van der Waals surface area contributed by atoms with E-state index in [-0.39, 0.29) is 0 Å². The Kier molecular flexibility index (Phi) is 4.43. The number of ether oxygens (including phenoxy) is 1. The third-order valence-corrected chi connectivity index (χ3v) is 3.86. The standard InChI is InChI=1S/C10H19NO3S/c1-10(2,8(11)9(12)13)15-6-14-5-7-3-4-7/h7-8H,3-6,11H2,1-2H3,(H,12,13)/t8-/m0/s1. The van der Waals surface area contributed by atoms with Crippen LogP contribution in [0.15, 0.2) is 0 Å². The lowest BCUT2D eigenvalue weighted by molar-refractivity contribution is -0.139. The summed E-state index contributed by atoms with van der Waals surface area (Å²) < 4.78 is 4.95. The molecule has 1 saturated carbocycles. The molecule has 15 heavy (non-hydrogen) atoms. The molecule has 4 nitrogen and oxygen atoms in total. The van der Waals surface area contributed by atoms with Gasteiger partial charge in [-0.2, -0.15) is 0 Å².